The number of hydrogen-bond acceptors (Lipinski definition) is 8. The van der Waals surface area contributed by atoms with E-state index < -0.39 is 0 Å². The van der Waals surface area contributed by atoms with Crippen LogP contribution in [0.2, 0.25) is 0 Å². The molecular weight excluding hydrogens is 335 g/mol. The third-order valence-electron chi connectivity index (χ3n) is 3.02. The fourth-order valence-electron chi connectivity index (χ4n) is 1.91. The molecule has 3 heterocycles. The molecule has 0 unspecified atom stereocenters. The molecule has 3 aromatic heterocycles. The van der Waals surface area contributed by atoms with Gasteiger partial charge in [-0.1, -0.05) is 11.8 Å². The van der Waals surface area contributed by atoms with Gasteiger partial charge in [0.1, 0.15) is 5.82 Å². The zero-order valence-corrected chi connectivity index (χ0v) is 12.9. The van der Waals surface area contributed by atoms with Gasteiger partial charge < -0.3 is 13.3 Å². The first-order chi connectivity index (χ1) is 11.8. The van der Waals surface area contributed by atoms with Crippen LogP contribution in [0, 0.1) is 5.82 Å². The molecule has 24 heavy (non-hydrogen) atoms. The molecule has 0 N–H and O–H groups in total. The second-order valence-electron chi connectivity index (χ2n) is 4.65. The Labute approximate surface area is 138 Å². The van der Waals surface area contributed by atoms with Crippen molar-refractivity contribution in [2.45, 2.75) is 11.0 Å². The Morgan fingerprint density at radius 3 is 2.54 bits per heavy atom. The molecule has 0 fully saturated rings. The predicted octanol–water partition coefficient (Wildman–Crippen LogP) is 3.81. The van der Waals surface area contributed by atoms with Crippen LogP contribution in [0.15, 0.2) is 61.1 Å². The number of halogens is 1. The molecule has 0 aliphatic carbocycles. The van der Waals surface area contributed by atoms with Gasteiger partial charge in [-0.2, -0.15) is 0 Å². The Hall–Kier alpha value is -2.94. The van der Waals surface area contributed by atoms with Crippen LogP contribution in [0.5, 0.6) is 0 Å². The third kappa shape index (κ3) is 3.06. The van der Waals surface area contributed by atoms with Crippen molar-refractivity contribution in [1.82, 2.24) is 20.4 Å². The summed E-state index contributed by atoms with van der Waals surface area (Å²) in [5.41, 5.74) is 0.651. The van der Waals surface area contributed by atoms with Gasteiger partial charge in [-0.15, -0.1) is 20.4 Å². The van der Waals surface area contributed by atoms with E-state index >= 15 is 0 Å². The van der Waals surface area contributed by atoms with E-state index in [0.29, 0.717) is 40.0 Å². The van der Waals surface area contributed by atoms with Crippen LogP contribution in [0.4, 0.5) is 4.39 Å². The molecule has 7 nitrogen and oxygen atoms in total. The van der Waals surface area contributed by atoms with E-state index in [2.05, 4.69) is 20.4 Å². The lowest BCUT2D eigenvalue weighted by Crippen LogP contribution is -1.80. The largest absolute Gasteiger partial charge is 0.459 e. The zero-order valence-electron chi connectivity index (χ0n) is 12.0. The molecule has 0 atom stereocenters. The molecule has 0 saturated heterocycles. The maximum Gasteiger partial charge on any atom is 0.284 e. The van der Waals surface area contributed by atoms with Crippen molar-refractivity contribution < 1.29 is 17.6 Å². The summed E-state index contributed by atoms with van der Waals surface area (Å²) < 4.78 is 29.1. The quantitative estimate of drug-likeness (QED) is 0.505. The van der Waals surface area contributed by atoms with E-state index in [-0.39, 0.29) is 5.82 Å². The molecule has 4 aromatic rings. The monoisotopic (exact) mass is 344 g/mol. The standard InChI is InChI=1S/C15H9FN4O3S/c16-10-5-3-9(4-6-10)13-18-17-12(22-13)8-24-15-20-19-14(23-15)11-2-1-7-21-11/h1-7H,8H2. The molecule has 120 valence electrons. The van der Waals surface area contributed by atoms with Gasteiger partial charge in [0.15, 0.2) is 5.76 Å². The van der Waals surface area contributed by atoms with E-state index in [1.807, 2.05) is 0 Å². The molecular formula is C15H9FN4O3S. The van der Waals surface area contributed by atoms with Crippen LogP contribution in [0.1, 0.15) is 5.89 Å². The number of hydrogen-bond donors (Lipinski definition) is 0. The molecule has 0 radical (unpaired) electrons. The van der Waals surface area contributed by atoms with Gasteiger partial charge >= 0.3 is 0 Å². The highest BCUT2D eigenvalue weighted by molar-refractivity contribution is 7.98. The Morgan fingerprint density at radius 2 is 1.75 bits per heavy atom. The van der Waals surface area contributed by atoms with Crippen molar-refractivity contribution in [1.29, 1.82) is 0 Å². The highest BCUT2D eigenvalue weighted by Crippen LogP contribution is 2.26. The van der Waals surface area contributed by atoms with Crippen LogP contribution in [0.3, 0.4) is 0 Å². The van der Waals surface area contributed by atoms with Crippen molar-refractivity contribution in [3.8, 4) is 23.1 Å². The Kier molecular flexibility index (Phi) is 3.83. The van der Waals surface area contributed by atoms with Crippen molar-refractivity contribution in [3.63, 3.8) is 0 Å². The maximum absolute atomic E-state index is 12.9. The van der Waals surface area contributed by atoms with E-state index in [1.54, 1.807) is 24.3 Å². The molecule has 9 heteroatoms. The normalized spacial score (nSPS) is 11.0. The minimum atomic E-state index is -0.321. The highest BCUT2D eigenvalue weighted by atomic mass is 32.2. The van der Waals surface area contributed by atoms with Gasteiger partial charge in [-0.25, -0.2) is 4.39 Å². The second-order valence-corrected chi connectivity index (χ2v) is 5.57. The van der Waals surface area contributed by atoms with Gasteiger partial charge in [-0.3, -0.25) is 0 Å². The SMILES string of the molecule is Fc1ccc(-c2nnc(CSc3nnc(-c4ccco4)o3)o2)cc1. The summed E-state index contributed by atoms with van der Waals surface area (Å²) in [6.45, 7) is 0. The van der Waals surface area contributed by atoms with Crippen LogP contribution in [-0.4, -0.2) is 20.4 Å². The average Bonchev–Trinajstić information content (AvgIpc) is 3.34. The summed E-state index contributed by atoms with van der Waals surface area (Å²) >= 11 is 1.26. The van der Waals surface area contributed by atoms with Gasteiger partial charge in [0.2, 0.25) is 11.8 Å². The Morgan fingerprint density at radius 1 is 0.917 bits per heavy atom. The summed E-state index contributed by atoms with van der Waals surface area (Å²) in [7, 11) is 0. The van der Waals surface area contributed by atoms with Crippen LogP contribution >= 0.6 is 11.8 Å². The van der Waals surface area contributed by atoms with Crippen molar-refractivity contribution in [2.75, 3.05) is 0 Å². The van der Waals surface area contributed by atoms with Crippen molar-refractivity contribution in [3.05, 3.63) is 54.4 Å². The Balaban J connectivity index is 1.42. The Bertz CT molecular complexity index is 934. The minimum Gasteiger partial charge on any atom is -0.459 e. The van der Waals surface area contributed by atoms with E-state index in [0.717, 1.165) is 0 Å². The van der Waals surface area contributed by atoms with E-state index in [1.165, 1.54) is 30.2 Å². The van der Waals surface area contributed by atoms with Crippen molar-refractivity contribution >= 4 is 11.8 Å². The van der Waals surface area contributed by atoms with Crippen LogP contribution < -0.4 is 0 Å². The number of aromatic nitrogens is 4. The first kappa shape index (κ1) is 14.6. The molecule has 1 aromatic carbocycles. The van der Waals surface area contributed by atoms with Gasteiger partial charge in [0.25, 0.3) is 11.1 Å². The van der Waals surface area contributed by atoms with Crippen LogP contribution in [0.25, 0.3) is 23.1 Å². The number of benzene rings is 1. The summed E-state index contributed by atoms with van der Waals surface area (Å²) in [5, 5.41) is 16.1. The first-order valence-electron chi connectivity index (χ1n) is 6.86. The lowest BCUT2D eigenvalue weighted by atomic mass is 10.2. The summed E-state index contributed by atoms with van der Waals surface area (Å²) in [4.78, 5) is 0. The fraction of sp³-hybridized carbons (Fsp3) is 0.0667. The summed E-state index contributed by atoms with van der Waals surface area (Å²) in [6.07, 6.45) is 1.53. The lowest BCUT2D eigenvalue weighted by Gasteiger charge is -1.94. The lowest BCUT2D eigenvalue weighted by molar-refractivity contribution is 0.446. The third-order valence-corrected chi connectivity index (χ3v) is 3.82. The van der Waals surface area contributed by atoms with Crippen LogP contribution in [-0.2, 0) is 5.75 Å². The highest BCUT2D eigenvalue weighted by Gasteiger charge is 2.14. The summed E-state index contributed by atoms with van der Waals surface area (Å²) in [6, 6.07) is 9.29. The maximum atomic E-state index is 12.9. The molecule has 0 aliphatic rings. The van der Waals surface area contributed by atoms with Gasteiger partial charge in [0.05, 0.1) is 12.0 Å². The smallest absolute Gasteiger partial charge is 0.284 e. The van der Waals surface area contributed by atoms with Gasteiger partial charge in [0, 0.05) is 5.56 Å². The fourth-order valence-corrected chi connectivity index (χ4v) is 2.51. The molecule has 0 bridgehead atoms. The molecule has 0 aliphatic heterocycles. The number of thioether (sulfide) groups is 1. The second kappa shape index (κ2) is 6.28. The van der Waals surface area contributed by atoms with Gasteiger partial charge in [-0.05, 0) is 36.4 Å². The van der Waals surface area contributed by atoms with E-state index in [9.17, 15) is 4.39 Å². The van der Waals surface area contributed by atoms with Crippen molar-refractivity contribution in [2.24, 2.45) is 0 Å². The average molecular weight is 344 g/mol. The molecule has 0 spiro atoms. The number of furan rings is 1. The topological polar surface area (TPSA) is 91.0 Å². The predicted molar refractivity (Wildman–Crippen MR) is 81.3 cm³/mol. The summed E-state index contributed by atoms with van der Waals surface area (Å²) in [5.74, 6) is 1.58. The zero-order chi connectivity index (χ0) is 16.4. The molecule has 4 rings (SSSR count). The molecule has 0 amide bonds. The van der Waals surface area contributed by atoms with E-state index in [4.69, 9.17) is 13.3 Å². The first-order valence-corrected chi connectivity index (χ1v) is 7.85. The number of rotatable bonds is 5. The molecule has 0 saturated carbocycles. The minimum absolute atomic E-state index is 0.306. The number of nitrogens with zero attached hydrogens (tertiary/aromatic N) is 4.